The van der Waals surface area contributed by atoms with Gasteiger partial charge in [-0.3, -0.25) is 10.1 Å². The topological polar surface area (TPSA) is 111 Å². The number of hydrogen-bond acceptors (Lipinski definition) is 7. The zero-order chi connectivity index (χ0) is 19.4. The van der Waals surface area contributed by atoms with Crippen LogP contribution in [0.25, 0.3) is 11.5 Å². The predicted molar refractivity (Wildman–Crippen MR) is 98.1 cm³/mol. The van der Waals surface area contributed by atoms with Gasteiger partial charge in [-0.1, -0.05) is 28.9 Å². The summed E-state index contributed by atoms with van der Waals surface area (Å²) in [7, 11) is -3.36. The summed E-state index contributed by atoms with van der Waals surface area (Å²) in [6.45, 7) is 1.74. The van der Waals surface area contributed by atoms with Gasteiger partial charge in [0, 0.05) is 11.8 Å². The highest BCUT2D eigenvalue weighted by molar-refractivity contribution is 7.90. The number of carbonyl (C=O) groups excluding carboxylic acids is 1. The Morgan fingerprint density at radius 2 is 1.89 bits per heavy atom. The number of aryl methyl sites for hydroxylation is 1. The lowest BCUT2D eigenvalue weighted by Gasteiger charge is -2.05. The van der Waals surface area contributed by atoms with Crippen LogP contribution in [0.2, 0.25) is 0 Å². The maximum absolute atomic E-state index is 11.9. The molecule has 27 heavy (non-hydrogen) atoms. The minimum atomic E-state index is -3.36. The monoisotopic (exact) mass is 387 g/mol. The Morgan fingerprint density at radius 1 is 1.15 bits per heavy atom. The maximum atomic E-state index is 11.9. The second-order valence-electron chi connectivity index (χ2n) is 5.86. The molecule has 0 aliphatic rings. The SMILES string of the molecule is Cc1ccc(OCC(=O)Nc2nnc(-c3cccc(S(C)(=O)=O)c3)o2)cc1. The molecule has 1 aromatic heterocycles. The molecular formula is C18H17N3O5S. The standard InChI is InChI=1S/C18H17N3O5S/c1-12-6-8-14(9-7-12)25-11-16(22)19-18-21-20-17(26-18)13-4-3-5-15(10-13)27(2,23)24/h3-10H,11H2,1-2H3,(H,19,21,22). The van der Waals surface area contributed by atoms with Crippen molar-refractivity contribution >= 4 is 21.8 Å². The molecule has 0 aliphatic heterocycles. The third-order valence-corrected chi connectivity index (χ3v) is 4.68. The van der Waals surface area contributed by atoms with Crippen LogP contribution in [0.1, 0.15) is 5.56 Å². The van der Waals surface area contributed by atoms with E-state index >= 15 is 0 Å². The molecule has 0 fully saturated rings. The van der Waals surface area contributed by atoms with Crippen molar-refractivity contribution in [3.8, 4) is 17.2 Å². The van der Waals surface area contributed by atoms with Crippen molar-refractivity contribution < 1.29 is 22.4 Å². The van der Waals surface area contributed by atoms with Crippen LogP contribution in [0.3, 0.4) is 0 Å². The third-order valence-electron chi connectivity index (χ3n) is 3.57. The van der Waals surface area contributed by atoms with Gasteiger partial charge < -0.3 is 9.15 Å². The van der Waals surface area contributed by atoms with Crippen molar-refractivity contribution in [2.45, 2.75) is 11.8 Å². The van der Waals surface area contributed by atoms with Gasteiger partial charge in [0.05, 0.1) is 4.90 Å². The minimum Gasteiger partial charge on any atom is -0.484 e. The molecule has 140 valence electrons. The summed E-state index contributed by atoms with van der Waals surface area (Å²) < 4.78 is 34.0. The normalized spacial score (nSPS) is 11.2. The molecule has 0 spiro atoms. The molecule has 0 radical (unpaired) electrons. The second kappa shape index (κ2) is 7.58. The van der Waals surface area contributed by atoms with Gasteiger partial charge in [0.2, 0.25) is 5.89 Å². The molecule has 0 aliphatic carbocycles. The van der Waals surface area contributed by atoms with Crippen molar-refractivity contribution in [2.24, 2.45) is 0 Å². The van der Waals surface area contributed by atoms with E-state index in [-0.39, 0.29) is 23.4 Å². The molecule has 0 bridgehead atoms. The zero-order valence-electron chi connectivity index (χ0n) is 14.7. The van der Waals surface area contributed by atoms with Crippen LogP contribution in [0.15, 0.2) is 57.8 Å². The maximum Gasteiger partial charge on any atom is 0.322 e. The highest BCUT2D eigenvalue weighted by atomic mass is 32.2. The third kappa shape index (κ3) is 4.91. The second-order valence-corrected chi connectivity index (χ2v) is 7.88. The van der Waals surface area contributed by atoms with Crippen molar-refractivity contribution in [3.63, 3.8) is 0 Å². The molecule has 2 aromatic carbocycles. The summed E-state index contributed by atoms with van der Waals surface area (Å²) in [5.74, 6) is 0.200. The number of anilines is 1. The van der Waals surface area contributed by atoms with Crippen molar-refractivity contribution in [2.75, 3.05) is 18.2 Å². The molecule has 9 heteroatoms. The van der Waals surface area contributed by atoms with Crippen molar-refractivity contribution in [3.05, 3.63) is 54.1 Å². The van der Waals surface area contributed by atoms with Gasteiger partial charge >= 0.3 is 6.01 Å². The van der Waals surface area contributed by atoms with Gasteiger partial charge in [-0.15, -0.1) is 5.10 Å². The summed E-state index contributed by atoms with van der Waals surface area (Å²) in [5, 5.41) is 10.00. The number of carbonyl (C=O) groups is 1. The fourth-order valence-electron chi connectivity index (χ4n) is 2.19. The van der Waals surface area contributed by atoms with Crippen LogP contribution in [0.5, 0.6) is 5.75 Å². The summed E-state index contributed by atoms with van der Waals surface area (Å²) in [5.41, 5.74) is 1.52. The van der Waals surface area contributed by atoms with E-state index in [1.165, 1.54) is 12.1 Å². The van der Waals surface area contributed by atoms with E-state index in [2.05, 4.69) is 15.5 Å². The van der Waals surface area contributed by atoms with Crippen LogP contribution in [-0.4, -0.2) is 37.4 Å². The van der Waals surface area contributed by atoms with Crippen LogP contribution in [0.4, 0.5) is 6.01 Å². The summed E-state index contributed by atoms with van der Waals surface area (Å²) in [4.78, 5) is 12.1. The summed E-state index contributed by atoms with van der Waals surface area (Å²) in [6.07, 6.45) is 1.11. The summed E-state index contributed by atoms with van der Waals surface area (Å²) >= 11 is 0. The van der Waals surface area contributed by atoms with E-state index in [0.717, 1.165) is 11.8 Å². The largest absolute Gasteiger partial charge is 0.484 e. The molecule has 3 rings (SSSR count). The van der Waals surface area contributed by atoms with E-state index in [4.69, 9.17) is 9.15 Å². The average molecular weight is 387 g/mol. The van der Waals surface area contributed by atoms with Crippen molar-refractivity contribution in [1.29, 1.82) is 0 Å². The molecule has 8 nitrogen and oxygen atoms in total. The number of benzene rings is 2. The quantitative estimate of drug-likeness (QED) is 0.691. The number of sulfone groups is 1. The van der Waals surface area contributed by atoms with Crippen LogP contribution < -0.4 is 10.1 Å². The zero-order valence-corrected chi connectivity index (χ0v) is 15.5. The number of amides is 1. The van der Waals surface area contributed by atoms with E-state index < -0.39 is 15.7 Å². The van der Waals surface area contributed by atoms with E-state index in [1.807, 2.05) is 19.1 Å². The lowest BCUT2D eigenvalue weighted by atomic mass is 10.2. The molecule has 0 saturated carbocycles. The van der Waals surface area contributed by atoms with Crippen LogP contribution in [-0.2, 0) is 14.6 Å². The lowest BCUT2D eigenvalue weighted by molar-refractivity contribution is -0.118. The van der Waals surface area contributed by atoms with Gasteiger partial charge in [0.25, 0.3) is 5.91 Å². The molecule has 1 N–H and O–H groups in total. The fraction of sp³-hybridized carbons (Fsp3) is 0.167. The summed E-state index contributed by atoms with van der Waals surface area (Å²) in [6, 6.07) is 13.3. The Kier molecular flexibility index (Phi) is 5.22. The highest BCUT2D eigenvalue weighted by Crippen LogP contribution is 2.22. The van der Waals surface area contributed by atoms with E-state index in [1.54, 1.807) is 24.3 Å². The minimum absolute atomic E-state index is 0.0928. The Bertz CT molecular complexity index is 1060. The van der Waals surface area contributed by atoms with Crippen LogP contribution >= 0.6 is 0 Å². The molecule has 0 unspecified atom stereocenters. The number of nitrogens with one attached hydrogen (secondary N) is 1. The Hall–Kier alpha value is -3.20. The van der Waals surface area contributed by atoms with Gasteiger partial charge in [-0.2, -0.15) is 0 Å². The molecule has 0 saturated heterocycles. The molecule has 1 amide bonds. The van der Waals surface area contributed by atoms with Gasteiger partial charge in [0.1, 0.15) is 5.75 Å². The lowest BCUT2D eigenvalue weighted by Crippen LogP contribution is -2.20. The highest BCUT2D eigenvalue weighted by Gasteiger charge is 2.14. The van der Waals surface area contributed by atoms with Crippen molar-refractivity contribution in [1.82, 2.24) is 10.2 Å². The number of rotatable bonds is 6. The van der Waals surface area contributed by atoms with Crippen LogP contribution in [0, 0.1) is 6.92 Å². The Morgan fingerprint density at radius 3 is 2.59 bits per heavy atom. The first-order chi connectivity index (χ1) is 12.8. The molecular weight excluding hydrogens is 370 g/mol. The Labute approximate surface area is 156 Å². The first-order valence-corrected chi connectivity index (χ1v) is 9.84. The number of ether oxygens (including phenoxy) is 1. The van der Waals surface area contributed by atoms with Gasteiger partial charge in [0.15, 0.2) is 16.4 Å². The number of aromatic nitrogens is 2. The average Bonchev–Trinajstić information content (AvgIpc) is 3.09. The fourth-order valence-corrected chi connectivity index (χ4v) is 2.86. The molecule has 0 atom stereocenters. The molecule has 3 aromatic rings. The number of nitrogens with zero attached hydrogens (tertiary/aromatic N) is 2. The van der Waals surface area contributed by atoms with E-state index in [0.29, 0.717) is 11.3 Å². The van der Waals surface area contributed by atoms with Gasteiger partial charge in [-0.25, -0.2) is 8.42 Å². The Balaban J connectivity index is 1.64. The van der Waals surface area contributed by atoms with Gasteiger partial charge in [-0.05, 0) is 37.3 Å². The first kappa shape index (κ1) is 18.6. The smallest absolute Gasteiger partial charge is 0.322 e. The van der Waals surface area contributed by atoms with E-state index in [9.17, 15) is 13.2 Å². The predicted octanol–water partition coefficient (Wildman–Crippen LogP) is 2.47. The molecule has 1 heterocycles. The number of hydrogen-bond donors (Lipinski definition) is 1. The first-order valence-electron chi connectivity index (χ1n) is 7.94.